The molecule has 0 spiro atoms. The molecule has 0 aliphatic heterocycles. The summed E-state index contributed by atoms with van der Waals surface area (Å²) in [4.78, 5) is 24.5. The Morgan fingerprint density at radius 1 is 0.962 bits per heavy atom. The number of carbonyl (C=O) groups excluding carboxylic acids is 2. The molecule has 1 radical (unpaired) electrons. The van der Waals surface area contributed by atoms with E-state index in [2.05, 4.69) is 19.2 Å². The van der Waals surface area contributed by atoms with E-state index in [0.29, 0.717) is 12.6 Å². The van der Waals surface area contributed by atoms with E-state index in [1.54, 1.807) is 53.7 Å². The van der Waals surface area contributed by atoms with E-state index in [1.165, 1.54) is 0 Å². The van der Waals surface area contributed by atoms with Crippen LogP contribution in [-0.4, -0.2) is 24.5 Å². The summed E-state index contributed by atoms with van der Waals surface area (Å²) >= 11 is 0. The van der Waals surface area contributed by atoms with Crippen LogP contribution in [0.3, 0.4) is 0 Å². The lowest BCUT2D eigenvalue weighted by Gasteiger charge is -2.21. The van der Waals surface area contributed by atoms with Crippen molar-refractivity contribution < 1.29 is 19.1 Å². The van der Waals surface area contributed by atoms with E-state index in [4.69, 9.17) is 9.47 Å². The third kappa shape index (κ3) is 7.16. The van der Waals surface area contributed by atoms with Crippen LogP contribution in [0, 0.1) is 17.3 Å². The average Bonchev–Trinajstić information content (AvgIpc) is 2.47. The van der Waals surface area contributed by atoms with Crippen LogP contribution in [0.2, 0.25) is 0 Å². The van der Waals surface area contributed by atoms with Gasteiger partial charge in [-0.15, -0.1) is 0 Å². The molecule has 0 aliphatic rings. The predicted octanol–water partition coefficient (Wildman–Crippen LogP) is 4.14. The van der Waals surface area contributed by atoms with Gasteiger partial charge in [0.2, 0.25) is 0 Å². The van der Waals surface area contributed by atoms with Gasteiger partial charge in [-0.25, -0.2) is 0 Å². The summed E-state index contributed by atoms with van der Waals surface area (Å²) in [6.45, 7) is 15.5. The SMILES string of the molecule is CC(C)NC[CH]c1ccc(OC(=O)C(C)(C)C)c(OC(=O)C(C)(C)C)c1. The van der Waals surface area contributed by atoms with Gasteiger partial charge in [-0.1, -0.05) is 19.9 Å². The molecule has 26 heavy (non-hydrogen) atoms. The van der Waals surface area contributed by atoms with E-state index in [1.807, 2.05) is 12.5 Å². The minimum atomic E-state index is -0.662. The smallest absolute Gasteiger partial charge is 0.316 e. The van der Waals surface area contributed by atoms with E-state index in [9.17, 15) is 9.59 Å². The average molecular weight is 362 g/mol. The summed E-state index contributed by atoms with van der Waals surface area (Å²) in [5.41, 5.74) is -0.438. The minimum absolute atomic E-state index is 0.247. The Morgan fingerprint density at radius 3 is 1.92 bits per heavy atom. The van der Waals surface area contributed by atoms with Gasteiger partial charge >= 0.3 is 11.9 Å². The van der Waals surface area contributed by atoms with Crippen molar-refractivity contribution in [2.75, 3.05) is 6.54 Å². The monoisotopic (exact) mass is 362 g/mol. The molecule has 0 atom stereocenters. The summed E-state index contributed by atoms with van der Waals surface area (Å²) < 4.78 is 11.0. The van der Waals surface area contributed by atoms with Gasteiger partial charge in [0, 0.05) is 19.0 Å². The Labute approximate surface area is 157 Å². The maximum Gasteiger partial charge on any atom is 0.316 e. The topological polar surface area (TPSA) is 64.6 Å². The number of hydrogen-bond acceptors (Lipinski definition) is 5. The molecular formula is C21H32NO4. The van der Waals surface area contributed by atoms with Crippen LogP contribution in [0.4, 0.5) is 0 Å². The van der Waals surface area contributed by atoms with Crippen molar-refractivity contribution in [2.24, 2.45) is 10.8 Å². The van der Waals surface area contributed by atoms with Crippen LogP contribution in [0.15, 0.2) is 18.2 Å². The molecule has 1 N–H and O–H groups in total. The zero-order valence-corrected chi connectivity index (χ0v) is 17.2. The fourth-order valence-corrected chi connectivity index (χ4v) is 1.73. The molecule has 1 aromatic carbocycles. The fourth-order valence-electron chi connectivity index (χ4n) is 1.73. The van der Waals surface area contributed by atoms with Crippen LogP contribution in [0.1, 0.15) is 61.0 Å². The van der Waals surface area contributed by atoms with E-state index >= 15 is 0 Å². The number of benzene rings is 1. The second-order valence-corrected chi connectivity index (χ2v) is 8.75. The summed E-state index contributed by atoms with van der Waals surface area (Å²) in [5.74, 6) is -0.274. The summed E-state index contributed by atoms with van der Waals surface area (Å²) in [6, 6.07) is 5.59. The fraction of sp³-hybridized carbons (Fsp3) is 0.571. The van der Waals surface area contributed by atoms with Crippen LogP contribution < -0.4 is 14.8 Å². The van der Waals surface area contributed by atoms with Gasteiger partial charge in [-0.3, -0.25) is 9.59 Å². The van der Waals surface area contributed by atoms with Crippen molar-refractivity contribution in [3.63, 3.8) is 0 Å². The van der Waals surface area contributed by atoms with Gasteiger partial charge in [0.25, 0.3) is 0 Å². The van der Waals surface area contributed by atoms with Crippen molar-refractivity contribution in [3.05, 3.63) is 30.2 Å². The molecule has 0 heterocycles. The number of carbonyl (C=O) groups is 2. The maximum atomic E-state index is 12.3. The van der Waals surface area contributed by atoms with Gasteiger partial charge in [0.05, 0.1) is 10.8 Å². The summed E-state index contributed by atoms with van der Waals surface area (Å²) in [5, 5.41) is 3.30. The Hall–Kier alpha value is -1.88. The van der Waals surface area contributed by atoms with Crippen molar-refractivity contribution in [3.8, 4) is 11.5 Å². The highest BCUT2D eigenvalue weighted by Crippen LogP contribution is 2.32. The summed E-state index contributed by atoms with van der Waals surface area (Å²) in [6.07, 6.45) is 1.99. The van der Waals surface area contributed by atoms with Gasteiger partial charge in [0.15, 0.2) is 11.5 Å². The Bertz CT molecular complexity index is 636. The molecule has 0 saturated heterocycles. The zero-order chi connectivity index (χ0) is 20.1. The van der Waals surface area contributed by atoms with Gasteiger partial charge in [-0.05, 0) is 59.2 Å². The van der Waals surface area contributed by atoms with Gasteiger partial charge in [0.1, 0.15) is 0 Å². The molecular weight excluding hydrogens is 330 g/mol. The minimum Gasteiger partial charge on any atom is -0.422 e. The summed E-state index contributed by atoms with van der Waals surface area (Å²) in [7, 11) is 0. The van der Waals surface area contributed by atoms with Crippen LogP contribution in [0.5, 0.6) is 11.5 Å². The van der Waals surface area contributed by atoms with E-state index in [-0.39, 0.29) is 23.4 Å². The van der Waals surface area contributed by atoms with Crippen molar-refractivity contribution in [2.45, 2.75) is 61.4 Å². The second kappa shape index (κ2) is 8.67. The van der Waals surface area contributed by atoms with Crippen LogP contribution >= 0.6 is 0 Å². The number of ether oxygens (including phenoxy) is 2. The van der Waals surface area contributed by atoms with Gasteiger partial charge < -0.3 is 14.8 Å². The first-order chi connectivity index (χ1) is 11.8. The van der Waals surface area contributed by atoms with Crippen molar-refractivity contribution >= 4 is 11.9 Å². The molecule has 0 aliphatic carbocycles. The second-order valence-electron chi connectivity index (χ2n) is 8.75. The molecule has 0 amide bonds. The highest BCUT2D eigenvalue weighted by molar-refractivity contribution is 5.81. The molecule has 0 saturated carbocycles. The lowest BCUT2D eigenvalue weighted by atomic mass is 9.97. The van der Waals surface area contributed by atoms with E-state index in [0.717, 1.165) is 5.56 Å². The third-order valence-electron chi connectivity index (χ3n) is 3.46. The lowest BCUT2D eigenvalue weighted by molar-refractivity contribution is -0.145. The molecule has 0 aromatic heterocycles. The number of rotatable bonds is 6. The highest BCUT2D eigenvalue weighted by Gasteiger charge is 2.28. The third-order valence-corrected chi connectivity index (χ3v) is 3.46. The zero-order valence-electron chi connectivity index (χ0n) is 17.2. The molecule has 0 unspecified atom stereocenters. The predicted molar refractivity (Wildman–Crippen MR) is 103 cm³/mol. The molecule has 5 nitrogen and oxygen atoms in total. The number of nitrogens with one attached hydrogen (secondary N) is 1. The van der Waals surface area contributed by atoms with Crippen LogP contribution in [0.25, 0.3) is 0 Å². The lowest BCUT2D eigenvalue weighted by Crippen LogP contribution is -2.28. The van der Waals surface area contributed by atoms with Crippen LogP contribution in [-0.2, 0) is 9.59 Å². The highest BCUT2D eigenvalue weighted by atomic mass is 16.6. The Balaban J connectivity index is 3.07. The molecule has 0 bridgehead atoms. The first-order valence-electron chi connectivity index (χ1n) is 8.96. The molecule has 145 valence electrons. The number of esters is 2. The molecule has 1 rings (SSSR count). The largest absolute Gasteiger partial charge is 0.422 e. The molecule has 1 aromatic rings. The normalized spacial score (nSPS) is 12.2. The first-order valence-corrected chi connectivity index (χ1v) is 8.96. The quantitative estimate of drug-likeness (QED) is 0.609. The first kappa shape index (κ1) is 22.2. The van der Waals surface area contributed by atoms with Crippen molar-refractivity contribution in [1.82, 2.24) is 5.32 Å². The maximum absolute atomic E-state index is 12.3. The van der Waals surface area contributed by atoms with E-state index < -0.39 is 10.8 Å². The number of hydrogen-bond donors (Lipinski definition) is 1. The Morgan fingerprint density at radius 2 is 1.46 bits per heavy atom. The Kier molecular flexibility index (Phi) is 7.39. The standard InChI is InChI=1S/C21H32NO4/c1-14(2)22-12-11-15-9-10-16(25-18(23)20(3,4)5)17(13-15)26-19(24)21(6,7)8/h9-11,13-14,22H,12H2,1-8H3. The molecule has 0 fully saturated rings. The van der Waals surface area contributed by atoms with Crippen molar-refractivity contribution in [1.29, 1.82) is 0 Å². The van der Waals surface area contributed by atoms with Gasteiger partial charge in [-0.2, -0.15) is 0 Å². The molecule has 5 heteroatoms.